The Bertz CT molecular complexity index is 553. The molecule has 0 saturated heterocycles. The summed E-state index contributed by atoms with van der Waals surface area (Å²) in [5.41, 5.74) is 1.58. The van der Waals surface area contributed by atoms with E-state index in [0.29, 0.717) is 12.7 Å². The van der Waals surface area contributed by atoms with Crippen molar-refractivity contribution in [3.63, 3.8) is 0 Å². The van der Waals surface area contributed by atoms with E-state index in [1.54, 1.807) is 0 Å². The fourth-order valence-corrected chi connectivity index (χ4v) is 6.37. The third-order valence-corrected chi connectivity index (χ3v) is 7.17. The van der Waals surface area contributed by atoms with Crippen molar-refractivity contribution in [1.29, 1.82) is 0 Å². The molecule has 4 aliphatic carbocycles. The van der Waals surface area contributed by atoms with Crippen LogP contribution < -0.4 is 4.74 Å². The summed E-state index contributed by atoms with van der Waals surface area (Å²) in [6.07, 6.45) is 10.6. The molecular formula is C24H36O2. The van der Waals surface area contributed by atoms with Gasteiger partial charge in [0.1, 0.15) is 5.75 Å². The van der Waals surface area contributed by atoms with Gasteiger partial charge in [-0.2, -0.15) is 0 Å². The highest BCUT2D eigenvalue weighted by Gasteiger charge is 2.51. The molecule has 0 radical (unpaired) electrons. The average molecular weight is 357 g/mol. The van der Waals surface area contributed by atoms with E-state index < -0.39 is 0 Å². The molecule has 1 atom stereocenters. The van der Waals surface area contributed by atoms with Gasteiger partial charge in [0.25, 0.3) is 0 Å². The van der Waals surface area contributed by atoms with Gasteiger partial charge in [0, 0.05) is 0 Å². The van der Waals surface area contributed by atoms with Crippen LogP contribution in [0.2, 0.25) is 0 Å². The van der Waals surface area contributed by atoms with E-state index in [1.807, 2.05) is 0 Å². The summed E-state index contributed by atoms with van der Waals surface area (Å²) in [4.78, 5) is 0. The summed E-state index contributed by atoms with van der Waals surface area (Å²) in [5.74, 6) is 5.11. The summed E-state index contributed by atoms with van der Waals surface area (Å²) in [5, 5.41) is 0. The molecule has 0 N–H and O–H groups in total. The van der Waals surface area contributed by atoms with Crippen molar-refractivity contribution in [1.82, 2.24) is 0 Å². The normalized spacial score (nSPS) is 33.6. The van der Waals surface area contributed by atoms with Gasteiger partial charge < -0.3 is 9.47 Å². The van der Waals surface area contributed by atoms with E-state index in [9.17, 15) is 0 Å². The summed E-state index contributed by atoms with van der Waals surface area (Å²) < 4.78 is 12.3. The van der Waals surface area contributed by atoms with E-state index in [2.05, 4.69) is 45.0 Å². The second-order valence-corrected chi connectivity index (χ2v) is 9.81. The monoisotopic (exact) mass is 356 g/mol. The van der Waals surface area contributed by atoms with Gasteiger partial charge in [0.15, 0.2) is 6.79 Å². The van der Waals surface area contributed by atoms with Crippen molar-refractivity contribution in [2.75, 3.05) is 6.79 Å². The van der Waals surface area contributed by atoms with Gasteiger partial charge in [-0.25, -0.2) is 0 Å². The number of hydrogen-bond donors (Lipinski definition) is 0. The molecule has 0 aromatic heterocycles. The SMILES string of the molecule is CCC(CC(C)C)c1ccc(OCOC23CC4CC(CC(C4)C2)C3)cc1. The van der Waals surface area contributed by atoms with Crippen molar-refractivity contribution in [3.8, 4) is 5.75 Å². The van der Waals surface area contributed by atoms with Crippen LogP contribution in [0.15, 0.2) is 24.3 Å². The van der Waals surface area contributed by atoms with Crippen LogP contribution in [0, 0.1) is 23.7 Å². The fraction of sp³-hybridized carbons (Fsp3) is 0.750. The zero-order valence-corrected chi connectivity index (χ0v) is 16.9. The highest BCUT2D eigenvalue weighted by atomic mass is 16.7. The van der Waals surface area contributed by atoms with E-state index in [4.69, 9.17) is 9.47 Å². The Hall–Kier alpha value is -1.02. The van der Waals surface area contributed by atoms with Gasteiger partial charge >= 0.3 is 0 Å². The van der Waals surface area contributed by atoms with Gasteiger partial charge in [-0.15, -0.1) is 0 Å². The molecule has 4 fully saturated rings. The molecule has 4 bridgehead atoms. The molecule has 4 saturated carbocycles. The molecule has 1 aromatic rings. The minimum Gasteiger partial charge on any atom is -0.468 e. The maximum absolute atomic E-state index is 6.38. The Morgan fingerprint density at radius 2 is 1.54 bits per heavy atom. The summed E-state index contributed by atoms with van der Waals surface area (Å²) in [7, 11) is 0. The lowest BCUT2D eigenvalue weighted by Gasteiger charge is -2.56. The number of ether oxygens (including phenoxy) is 2. The second-order valence-electron chi connectivity index (χ2n) is 9.81. The van der Waals surface area contributed by atoms with Crippen molar-refractivity contribution >= 4 is 0 Å². The number of benzene rings is 1. The predicted octanol–water partition coefficient (Wildman–Crippen LogP) is 6.55. The summed E-state index contributed by atoms with van der Waals surface area (Å²) >= 11 is 0. The average Bonchev–Trinajstić information content (AvgIpc) is 2.59. The Balaban J connectivity index is 1.30. The number of rotatable bonds is 8. The maximum atomic E-state index is 6.38. The predicted molar refractivity (Wildman–Crippen MR) is 106 cm³/mol. The van der Waals surface area contributed by atoms with E-state index in [-0.39, 0.29) is 5.60 Å². The number of hydrogen-bond acceptors (Lipinski definition) is 2. The van der Waals surface area contributed by atoms with Crippen LogP contribution in [0.1, 0.15) is 83.6 Å². The third kappa shape index (κ3) is 3.96. The third-order valence-electron chi connectivity index (χ3n) is 7.17. The van der Waals surface area contributed by atoms with Crippen LogP contribution in [0.25, 0.3) is 0 Å². The summed E-state index contributed by atoms with van der Waals surface area (Å²) in [6.45, 7) is 7.31. The Morgan fingerprint density at radius 3 is 2.04 bits per heavy atom. The molecule has 0 heterocycles. The minimum absolute atomic E-state index is 0.138. The molecule has 4 aliphatic rings. The first-order chi connectivity index (χ1) is 12.5. The van der Waals surface area contributed by atoms with Crippen molar-refractivity contribution < 1.29 is 9.47 Å². The highest BCUT2D eigenvalue weighted by molar-refractivity contribution is 5.29. The van der Waals surface area contributed by atoms with Gasteiger partial charge in [-0.1, -0.05) is 32.9 Å². The lowest BCUT2D eigenvalue weighted by Crippen LogP contribution is -2.52. The highest BCUT2D eigenvalue weighted by Crippen LogP contribution is 2.57. The Labute approximate surface area is 159 Å². The Morgan fingerprint density at radius 1 is 0.962 bits per heavy atom. The molecule has 1 unspecified atom stereocenters. The first-order valence-corrected chi connectivity index (χ1v) is 10.9. The maximum Gasteiger partial charge on any atom is 0.189 e. The van der Waals surface area contributed by atoms with Crippen LogP contribution in [-0.4, -0.2) is 12.4 Å². The molecule has 0 aliphatic heterocycles. The molecule has 1 aromatic carbocycles. The van der Waals surface area contributed by atoms with E-state index >= 15 is 0 Å². The molecule has 2 nitrogen and oxygen atoms in total. The zero-order valence-electron chi connectivity index (χ0n) is 16.9. The van der Waals surface area contributed by atoms with Crippen molar-refractivity contribution in [3.05, 3.63) is 29.8 Å². The molecular weight excluding hydrogens is 320 g/mol. The van der Waals surface area contributed by atoms with Crippen LogP contribution >= 0.6 is 0 Å². The van der Waals surface area contributed by atoms with Gasteiger partial charge in [-0.3, -0.25) is 0 Å². The van der Waals surface area contributed by atoms with Crippen LogP contribution in [-0.2, 0) is 4.74 Å². The Kier molecular flexibility index (Phi) is 5.32. The van der Waals surface area contributed by atoms with Crippen molar-refractivity contribution in [2.24, 2.45) is 23.7 Å². The second kappa shape index (κ2) is 7.54. The standard InChI is InChI=1S/C24H36O2/c1-4-21(9-17(2)3)22-5-7-23(8-6-22)25-16-26-24-13-18-10-19(14-24)12-20(11-18)15-24/h5-8,17-21H,4,9-16H2,1-3H3. The van der Waals surface area contributed by atoms with E-state index in [0.717, 1.165) is 29.4 Å². The lowest BCUT2D eigenvalue weighted by atomic mass is 9.54. The first kappa shape index (κ1) is 18.3. The van der Waals surface area contributed by atoms with Gasteiger partial charge in [-0.05, 0) is 98.7 Å². The lowest BCUT2D eigenvalue weighted by molar-refractivity contribution is -0.190. The fourth-order valence-electron chi connectivity index (χ4n) is 6.37. The molecule has 144 valence electrons. The van der Waals surface area contributed by atoms with E-state index in [1.165, 1.54) is 56.9 Å². The quantitative estimate of drug-likeness (QED) is 0.492. The van der Waals surface area contributed by atoms with Crippen LogP contribution in [0.4, 0.5) is 0 Å². The van der Waals surface area contributed by atoms with Crippen LogP contribution in [0.3, 0.4) is 0 Å². The topological polar surface area (TPSA) is 18.5 Å². The minimum atomic E-state index is 0.138. The molecule has 0 spiro atoms. The van der Waals surface area contributed by atoms with Crippen molar-refractivity contribution in [2.45, 2.75) is 83.7 Å². The zero-order chi connectivity index (χ0) is 18.1. The first-order valence-electron chi connectivity index (χ1n) is 10.9. The van der Waals surface area contributed by atoms with Gasteiger partial charge in [0.05, 0.1) is 5.60 Å². The smallest absolute Gasteiger partial charge is 0.189 e. The van der Waals surface area contributed by atoms with Gasteiger partial charge in [0.2, 0.25) is 0 Å². The largest absolute Gasteiger partial charge is 0.468 e. The molecule has 2 heteroatoms. The molecule has 0 amide bonds. The molecule has 26 heavy (non-hydrogen) atoms. The van der Waals surface area contributed by atoms with Crippen LogP contribution in [0.5, 0.6) is 5.75 Å². The summed E-state index contributed by atoms with van der Waals surface area (Å²) in [6, 6.07) is 8.75. The molecule has 5 rings (SSSR count).